The summed E-state index contributed by atoms with van der Waals surface area (Å²) in [5.41, 5.74) is 10.7. The Morgan fingerprint density at radius 2 is 2.04 bits per heavy atom. The quantitative estimate of drug-likeness (QED) is 0.534. The van der Waals surface area contributed by atoms with E-state index in [0.29, 0.717) is 13.1 Å². The Labute approximate surface area is 171 Å². The third-order valence-corrected chi connectivity index (χ3v) is 7.39. The van der Waals surface area contributed by atoms with Crippen LogP contribution >= 0.6 is 22.7 Å². The van der Waals surface area contributed by atoms with Crippen LogP contribution in [-0.2, 0) is 6.42 Å². The Balaban J connectivity index is 1.52. The Kier molecular flexibility index (Phi) is 4.47. The zero-order valence-electron chi connectivity index (χ0n) is 15.2. The van der Waals surface area contributed by atoms with Gasteiger partial charge in [0.15, 0.2) is 0 Å². The normalized spacial score (nSPS) is 15.0. The maximum absolute atomic E-state index is 13.4. The maximum atomic E-state index is 13.4. The van der Waals surface area contributed by atoms with Crippen molar-refractivity contribution in [3.8, 4) is 11.1 Å². The summed E-state index contributed by atoms with van der Waals surface area (Å²) in [5.74, 6) is 0.0899. The fourth-order valence-corrected chi connectivity index (χ4v) is 6.11. The topological polar surface area (TPSA) is 59.2 Å². The zero-order valence-corrected chi connectivity index (χ0v) is 16.8. The molecule has 5 rings (SSSR count). The van der Waals surface area contributed by atoms with Crippen molar-refractivity contribution in [2.45, 2.75) is 12.5 Å². The van der Waals surface area contributed by atoms with E-state index in [-0.39, 0.29) is 11.9 Å². The minimum atomic E-state index is -0.0965. The second-order valence-electron chi connectivity index (χ2n) is 6.89. The maximum Gasteiger partial charge on any atom is 0.264 e. The van der Waals surface area contributed by atoms with Gasteiger partial charge in [0.25, 0.3) is 5.91 Å². The lowest BCUT2D eigenvalue weighted by Gasteiger charge is -2.34. The van der Waals surface area contributed by atoms with Crippen molar-refractivity contribution >= 4 is 38.7 Å². The summed E-state index contributed by atoms with van der Waals surface area (Å²) < 4.78 is 1.23. The van der Waals surface area contributed by atoms with Gasteiger partial charge in [-0.25, -0.2) is 0 Å². The van der Waals surface area contributed by atoms with Gasteiger partial charge in [0.05, 0.1) is 10.9 Å². The fraction of sp³-hybridized carbons (Fsp3) is 0.182. The molecule has 0 fully saturated rings. The summed E-state index contributed by atoms with van der Waals surface area (Å²) in [7, 11) is 0. The van der Waals surface area contributed by atoms with Crippen molar-refractivity contribution in [3.05, 3.63) is 75.6 Å². The molecule has 6 heteroatoms. The first kappa shape index (κ1) is 17.6. The highest BCUT2D eigenvalue weighted by Gasteiger charge is 2.33. The molecule has 0 bridgehead atoms. The summed E-state index contributed by atoms with van der Waals surface area (Å²) in [6.07, 6.45) is 4.47. The number of hydrogen-bond acceptors (Lipinski definition) is 5. The molecule has 1 aliphatic heterocycles. The molecule has 0 saturated heterocycles. The minimum absolute atomic E-state index is 0.0899. The number of rotatable bonds is 4. The molecule has 1 aliphatic rings. The first-order chi connectivity index (χ1) is 13.8. The number of hydrogen-bond donors (Lipinski definition) is 1. The molecule has 0 spiro atoms. The van der Waals surface area contributed by atoms with Crippen LogP contribution in [0.25, 0.3) is 21.2 Å². The molecular weight excluding hydrogens is 386 g/mol. The number of aromatic nitrogens is 1. The van der Waals surface area contributed by atoms with Crippen LogP contribution in [0.3, 0.4) is 0 Å². The average Bonchev–Trinajstić information content (AvgIpc) is 3.36. The standard InChI is InChI=1S/C22H19N3OS2/c23-10-19(18-13-27-20-6-2-1-5-15(18)20)25-9-7-16-17(12-28-21(16)22(25)26)14-4-3-8-24-11-14/h1-6,8,11-13,19H,7,9-10,23H2. The van der Waals surface area contributed by atoms with E-state index in [2.05, 4.69) is 27.9 Å². The largest absolute Gasteiger partial charge is 0.329 e. The molecule has 4 aromatic rings. The summed E-state index contributed by atoms with van der Waals surface area (Å²) in [5, 5.41) is 5.44. The molecule has 0 aliphatic carbocycles. The van der Waals surface area contributed by atoms with Crippen LogP contribution in [0.4, 0.5) is 0 Å². The minimum Gasteiger partial charge on any atom is -0.329 e. The van der Waals surface area contributed by atoms with E-state index in [1.165, 1.54) is 21.4 Å². The molecule has 3 aromatic heterocycles. The number of carbonyl (C=O) groups excluding carboxylic acids is 1. The van der Waals surface area contributed by atoms with Gasteiger partial charge in [-0.1, -0.05) is 24.3 Å². The lowest BCUT2D eigenvalue weighted by atomic mass is 9.96. The third kappa shape index (κ3) is 2.76. The second kappa shape index (κ2) is 7.13. The predicted molar refractivity (Wildman–Crippen MR) is 116 cm³/mol. The third-order valence-electron chi connectivity index (χ3n) is 5.39. The number of nitrogens with two attached hydrogens (primary N) is 1. The zero-order chi connectivity index (χ0) is 19.1. The van der Waals surface area contributed by atoms with E-state index in [4.69, 9.17) is 5.73 Å². The monoisotopic (exact) mass is 405 g/mol. The van der Waals surface area contributed by atoms with E-state index in [9.17, 15) is 4.79 Å². The summed E-state index contributed by atoms with van der Waals surface area (Å²) in [6.45, 7) is 1.10. The van der Waals surface area contributed by atoms with Gasteiger partial charge in [0.1, 0.15) is 0 Å². The van der Waals surface area contributed by atoms with Gasteiger partial charge in [-0.3, -0.25) is 9.78 Å². The van der Waals surface area contributed by atoms with Crippen LogP contribution in [0.5, 0.6) is 0 Å². The highest BCUT2D eigenvalue weighted by molar-refractivity contribution is 7.17. The average molecular weight is 406 g/mol. The highest BCUT2D eigenvalue weighted by atomic mass is 32.1. The Morgan fingerprint density at radius 1 is 1.14 bits per heavy atom. The van der Waals surface area contributed by atoms with Crippen molar-refractivity contribution in [2.24, 2.45) is 5.73 Å². The van der Waals surface area contributed by atoms with Gasteiger partial charge in [-0.15, -0.1) is 22.7 Å². The fourth-order valence-electron chi connectivity index (χ4n) is 4.01. The number of pyridine rings is 1. The van der Waals surface area contributed by atoms with Gasteiger partial charge < -0.3 is 10.6 Å². The smallest absolute Gasteiger partial charge is 0.264 e. The number of amides is 1. The Bertz CT molecular complexity index is 1150. The van der Waals surface area contributed by atoms with Crippen molar-refractivity contribution in [3.63, 3.8) is 0 Å². The lowest BCUT2D eigenvalue weighted by Crippen LogP contribution is -2.42. The molecule has 28 heavy (non-hydrogen) atoms. The van der Waals surface area contributed by atoms with Gasteiger partial charge in [-0.2, -0.15) is 0 Å². The first-order valence-corrected chi connectivity index (χ1v) is 11.0. The van der Waals surface area contributed by atoms with E-state index < -0.39 is 0 Å². The van der Waals surface area contributed by atoms with Crippen LogP contribution in [0, 0.1) is 0 Å². The van der Waals surface area contributed by atoms with Crippen molar-refractivity contribution in [1.82, 2.24) is 9.88 Å². The number of fused-ring (bicyclic) bond motifs is 2. The molecule has 4 nitrogen and oxygen atoms in total. The van der Waals surface area contributed by atoms with Crippen LogP contribution in [0.15, 0.2) is 59.6 Å². The Morgan fingerprint density at radius 3 is 2.86 bits per heavy atom. The number of nitrogens with zero attached hydrogens (tertiary/aromatic N) is 2. The molecular formula is C22H19N3OS2. The molecule has 1 unspecified atom stereocenters. The van der Waals surface area contributed by atoms with Crippen LogP contribution in [0.1, 0.15) is 26.8 Å². The van der Waals surface area contributed by atoms with Crippen molar-refractivity contribution in [1.29, 1.82) is 0 Å². The highest BCUT2D eigenvalue weighted by Crippen LogP contribution is 2.39. The molecule has 2 N–H and O–H groups in total. The first-order valence-electron chi connectivity index (χ1n) is 9.26. The summed E-state index contributed by atoms with van der Waals surface area (Å²) in [4.78, 5) is 20.4. The summed E-state index contributed by atoms with van der Waals surface area (Å²) >= 11 is 3.24. The number of carbonyl (C=O) groups is 1. The van der Waals surface area contributed by atoms with Crippen molar-refractivity contribution in [2.75, 3.05) is 13.1 Å². The molecule has 0 radical (unpaired) electrons. The molecule has 4 heterocycles. The van der Waals surface area contributed by atoms with E-state index in [1.807, 2.05) is 35.4 Å². The van der Waals surface area contributed by atoms with Crippen LogP contribution < -0.4 is 5.73 Å². The van der Waals surface area contributed by atoms with Crippen molar-refractivity contribution < 1.29 is 4.79 Å². The van der Waals surface area contributed by atoms with Crippen LogP contribution in [0.2, 0.25) is 0 Å². The number of benzene rings is 1. The predicted octanol–water partition coefficient (Wildman–Crippen LogP) is 4.72. The molecule has 1 atom stereocenters. The van der Waals surface area contributed by atoms with E-state index >= 15 is 0 Å². The molecule has 1 aromatic carbocycles. The second-order valence-corrected chi connectivity index (χ2v) is 8.68. The molecule has 140 valence electrons. The lowest BCUT2D eigenvalue weighted by molar-refractivity contribution is 0.0671. The van der Waals surface area contributed by atoms with Gasteiger partial charge in [0.2, 0.25) is 0 Å². The summed E-state index contributed by atoms with van der Waals surface area (Å²) in [6, 6.07) is 12.2. The van der Waals surface area contributed by atoms with Gasteiger partial charge in [-0.05, 0) is 51.4 Å². The molecule has 1 amide bonds. The Hall–Kier alpha value is -2.54. The van der Waals surface area contributed by atoms with E-state index in [0.717, 1.165) is 33.6 Å². The molecule has 0 saturated carbocycles. The SMILES string of the molecule is NCC(c1csc2ccccc12)N1CCc2c(-c3cccnc3)csc2C1=O. The van der Waals surface area contributed by atoms with Gasteiger partial charge >= 0.3 is 0 Å². The van der Waals surface area contributed by atoms with Gasteiger partial charge in [0, 0.05) is 35.7 Å². The van der Waals surface area contributed by atoms with E-state index in [1.54, 1.807) is 17.5 Å². The van der Waals surface area contributed by atoms with Crippen LogP contribution in [-0.4, -0.2) is 28.9 Å². The number of thiophene rings is 2.